The van der Waals surface area contributed by atoms with Gasteiger partial charge in [-0.2, -0.15) is 4.98 Å². The van der Waals surface area contributed by atoms with E-state index in [-0.39, 0.29) is 11.4 Å². The minimum atomic E-state index is -1.07. The van der Waals surface area contributed by atoms with Crippen LogP contribution in [0.1, 0.15) is 0 Å². The van der Waals surface area contributed by atoms with E-state index in [1.807, 2.05) is 0 Å². The van der Waals surface area contributed by atoms with Gasteiger partial charge in [-0.05, 0) is 6.07 Å². The van der Waals surface area contributed by atoms with Crippen LogP contribution >= 0.6 is 15.9 Å². The predicted octanol–water partition coefficient (Wildman–Crippen LogP) is 3.41. The van der Waals surface area contributed by atoms with Crippen LogP contribution in [0.5, 0.6) is 11.6 Å². The third kappa shape index (κ3) is 2.99. The SMILES string of the molecule is Nc1nc(Oc2cc(Br)cc([N+](=O)[O-])c2)c(F)cc1F. The number of ether oxygens (including phenoxy) is 1. The Bertz CT molecular complexity index is 697. The van der Waals surface area contributed by atoms with Crippen LogP contribution in [0.2, 0.25) is 0 Å². The molecule has 1 aromatic heterocycles. The van der Waals surface area contributed by atoms with Gasteiger partial charge in [-0.3, -0.25) is 10.1 Å². The molecule has 20 heavy (non-hydrogen) atoms. The lowest BCUT2D eigenvalue weighted by atomic mass is 10.3. The number of anilines is 1. The number of nitrogens with zero attached hydrogens (tertiary/aromatic N) is 2. The number of pyridine rings is 1. The average Bonchev–Trinajstić information content (AvgIpc) is 2.35. The van der Waals surface area contributed by atoms with Crippen molar-refractivity contribution in [2.75, 3.05) is 5.73 Å². The molecule has 1 aromatic carbocycles. The van der Waals surface area contributed by atoms with E-state index in [1.54, 1.807) is 0 Å². The number of nitrogen functional groups attached to an aromatic ring is 1. The molecule has 0 aliphatic heterocycles. The number of aromatic nitrogens is 1. The van der Waals surface area contributed by atoms with Gasteiger partial charge in [0.2, 0.25) is 0 Å². The molecule has 0 atom stereocenters. The molecule has 1 heterocycles. The minimum absolute atomic E-state index is 0.0384. The molecule has 104 valence electrons. The summed E-state index contributed by atoms with van der Waals surface area (Å²) in [5, 5.41) is 10.7. The lowest BCUT2D eigenvalue weighted by molar-refractivity contribution is -0.385. The van der Waals surface area contributed by atoms with E-state index in [4.69, 9.17) is 10.5 Å². The van der Waals surface area contributed by atoms with Gasteiger partial charge in [0.15, 0.2) is 17.5 Å². The largest absolute Gasteiger partial charge is 0.436 e. The Morgan fingerprint density at radius 1 is 1.25 bits per heavy atom. The second-order valence-corrected chi connectivity index (χ2v) is 4.56. The van der Waals surface area contributed by atoms with Gasteiger partial charge in [-0.1, -0.05) is 15.9 Å². The Labute approximate surface area is 119 Å². The van der Waals surface area contributed by atoms with Gasteiger partial charge < -0.3 is 10.5 Å². The monoisotopic (exact) mass is 345 g/mol. The molecule has 0 spiro atoms. The fourth-order valence-electron chi connectivity index (χ4n) is 1.36. The zero-order valence-corrected chi connectivity index (χ0v) is 11.2. The first kappa shape index (κ1) is 14.1. The molecule has 6 nitrogen and oxygen atoms in total. The second-order valence-electron chi connectivity index (χ2n) is 3.65. The molecule has 0 aliphatic rings. The van der Waals surface area contributed by atoms with Crippen LogP contribution in [0.4, 0.5) is 20.3 Å². The molecule has 2 aromatic rings. The summed E-state index contributed by atoms with van der Waals surface area (Å²) in [6, 6.07) is 4.21. The molecule has 0 bridgehead atoms. The molecule has 2 rings (SSSR count). The molecule has 0 aliphatic carbocycles. The van der Waals surface area contributed by atoms with Gasteiger partial charge in [-0.25, -0.2) is 8.78 Å². The number of nitro benzene ring substituents is 1. The van der Waals surface area contributed by atoms with E-state index in [0.29, 0.717) is 10.5 Å². The molecule has 0 saturated heterocycles. The number of rotatable bonds is 3. The summed E-state index contributed by atoms with van der Waals surface area (Å²) in [7, 11) is 0. The van der Waals surface area contributed by atoms with Gasteiger partial charge in [0.05, 0.1) is 11.0 Å². The second kappa shape index (κ2) is 5.37. The molecule has 9 heteroatoms. The first-order valence-electron chi connectivity index (χ1n) is 5.11. The number of benzene rings is 1. The van der Waals surface area contributed by atoms with Crippen molar-refractivity contribution in [1.82, 2.24) is 4.98 Å². The summed E-state index contributed by atoms with van der Waals surface area (Å²) in [6.07, 6.45) is 0. The van der Waals surface area contributed by atoms with Gasteiger partial charge in [0.25, 0.3) is 11.6 Å². The Hall–Kier alpha value is -2.29. The number of nitrogens with two attached hydrogens (primary N) is 1. The van der Waals surface area contributed by atoms with Crippen molar-refractivity contribution in [3.8, 4) is 11.6 Å². The summed E-state index contributed by atoms with van der Waals surface area (Å²) in [6.45, 7) is 0. The minimum Gasteiger partial charge on any atom is -0.436 e. The van der Waals surface area contributed by atoms with Crippen molar-refractivity contribution in [2.45, 2.75) is 0 Å². The zero-order valence-electron chi connectivity index (χ0n) is 9.64. The van der Waals surface area contributed by atoms with Crippen molar-refractivity contribution in [2.24, 2.45) is 0 Å². The standard InChI is InChI=1S/C11H6BrF2N3O3/c12-5-1-6(17(18)19)3-7(2-5)20-11-9(14)4-8(13)10(15)16-11/h1-4H,(H2,15,16). The van der Waals surface area contributed by atoms with Crippen LogP contribution in [0.15, 0.2) is 28.7 Å². The fraction of sp³-hybridized carbons (Fsp3) is 0. The Morgan fingerprint density at radius 2 is 1.95 bits per heavy atom. The maximum Gasteiger partial charge on any atom is 0.274 e. The van der Waals surface area contributed by atoms with Crippen molar-refractivity contribution >= 4 is 27.4 Å². The quantitative estimate of drug-likeness (QED) is 0.679. The summed E-state index contributed by atoms with van der Waals surface area (Å²) >= 11 is 3.06. The van der Waals surface area contributed by atoms with Crippen LogP contribution in [0.25, 0.3) is 0 Å². The summed E-state index contributed by atoms with van der Waals surface area (Å²) in [5.41, 5.74) is 4.94. The van der Waals surface area contributed by atoms with E-state index in [2.05, 4.69) is 20.9 Å². The lowest BCUT2D eigenvalue weighted by Crippen LogP contribution is -2.00. The van der Waals surface area contributed by atoms with Crippen LogP contribution in [-0.2, 0) is 0 Å². The highest BCUT2D eigenvalue weighted by molar-refractivity contribution is 9.10. The number of nitro groups is 1. The Kier molecular flexibility index (Phi) is 3.79. The third-order valence-electron chi connectivity index (χ3n) is 2.21. The van der Waals surface area contributed by atoms with Gasteiger partial charge in [0.1, 0.15) is 5.75 Å². The first-order chi connectivity index (χ1) is 9.36. The maximum absolute atomic E-state index is 13.4. The molecular weight excluding hydrogens is 340 g/mol. The molecule has 2 N–H and O–H groups in total. The van der Waals surface area contributed by atoms with Crippen LogP contribution in [-0.4, -0.2) is 9.91 Å². The summed E-state index contributed by atoms with van der Waals surface area (Å²) in [4.78, 5) is 13.4. The Balaban J connectivity index is 2.40. The summed E-state index contributed by atoms with van der Waals surface area (Å²) in [5.74, 6) is -3.24. The molecule has 0 fully saturated rings. The van der Waals surface area contributed by atoms with Crippen molar-refractivity contribution < 1.29 is 18.4 Å². The number of hydrogen-bond donors (Lipinski definition) is 1. The van der Waals surface area contributed by atoms with Crippen LogP contribution < -0.4 is 10.5 Å². The molecule has 0 radical (unpaired) electrons. The summed E-state index contributed by atoms with van der Waals surface area (Å²) < 4.78 is 31.8. The van der Waals surface area contributed by atoms with E-state index in [1.165, 1.54) is 12.1 Å². The number of hydrogen-bond acceptors (Lipinski definition) is 5. The predicted molar refractivity (Wildman–Crippen MR) is 69.4 cm³/mol. The average molecular weight is 346 g/mol. The van der Waals surface area contributed by atoms with Gasteiger partial charge in [-0.15, -0.1) is 0 Å². The Morgan fingerprint density at radius 3 is 2.60 bits per heavy atom. The lowest BCUT2D eigenvalue weighted by Gasteiger charge is -2.07. The number of non-ortho nitro benzene ring substituents is 1. The topological polar surface area (TPSA) is 91.3 Å². The van der Waals surface area contributed by atoms with E-state index >= 15 is 0 Å². The van der Waals surface area contributed by atoms with Gasteiger partial charge in [0, 0.05) is 16.6 Å². The van der Waals surface area contributed by atoms with Crippen molar-refractivity contribution in [1.29, 1.82) is 0 Å². The van der Waals surface area contributed by atoms with E-state index in [9.17, 15) is 18.9 Å². The van der Waals surface area contributed by atoms with Crippen LogP contribution in [0.3, 0.4) is 0 Å². The molecule has 0 unspecified atom stereocenters. The molecule has 0 saturated carbocycles. The van der Waals surface area contributed by atoms with E-state index in [0.717, 1.165) is 6.07 Å². The van der Waals surface area contributed by atoms with E-state index < -0.39 is 28.3 Å². The highest BCUT2D eigenvalue weighted by Crippen LogP contribution is 2.30. The van der Waals surface area contributed by atoms with Crippen molar-refractivity contribution in [3.05, 3.63) is 50.5 Å². The first-order valence-corrected chi connectivity index (χ1v) is 5.90. The van der Waals surface area contributed by atoms with Gasteiger partial charge >= 0.3 is 0 Å². The zero-order chi connectivity index (χ0) is 14.9. The third-order valence-corrected chi connectivity index (χ3v) is 2.66. The highest BCUT2D eigenvalue weighted by Gasteiger charge is 2.15. The normalized spacial score (nSPS) is 10.3. The molecular formula is C11H6BrF2N3O3. The molecule has 0 amide bonds. The number of halogens is 3. The highest BCUT2D eigenvalue weighted by atomic mass is 79.9. The van der Waals surface area contributed by atoms with Crippen LogP contribution in [0, 0.1) is 21.7 Å². The maximum atomic E-state index is 13.4. The fourth-order valence-corrected chi connectivity index (χ4v) is 1.82. The van der Waals surface area contributed by atoms with Crippen molar-refractivity contribution in [3.63, 3.8) is 0 Å². The smallest absolute Gasteiger partial charge is 0.274 e.